The molecule has 12 nitrogen and oxygen atoms in total. The Morgan fingerprint density at radius 2 is 0.524 bits per heavy atom. The smallest absolute Gasteiger partial charge is 0.434 e. The van der Waals surface area contributed by atoms with Crippen molar-refractivity contribution in [2.24, 2.45) is 0 Å². The van der Waals surface area contributed by atoms with E-state index in [-0.39, 0.29) is 0 Å². The van der Waals surface area contributed by atoms with E-state index in [1.165, 1.54) is 0 Å². The molecule has 15 heteroatoms. The van der Waals surface area contributed by atoms with E-state index in [0.29, 0.717) is 38.5 Å². The molecule has 0 saturated heterocycles. The molecule has 0 saturated carbocycles. The van der Waals surface area contributed by atoms with Crippen molar-refractivity contribution in [1.82, 2.24) is 25.8 Å². The largest absolute Gasteiger partial charge is 0.547 e. The number of carbonyl (C=O) groups excluding carboxylic acids is 6. The lowest BCUT2D eigenvalue weighted by Crippen LogP contribution is -2.30. The van der Waals surface area contributed by atoms with Crippen molar-refractivity contribution < 1.29 is 28.8 Å². The van der Waals surface area contributed by atoms with E-state index in [9.17, 15) is 28.8 Å². The van der Waals surface area contributed by atoms with Crippen LogP contribution >= 0.6 is 0 Å². The number of rotatable bonds is 12. The SMILES string of the molecule is O=C[NH][AlH][NH]C=O.O=C[NH][AlH][NH]C=O.O=C[NH][AlH][NH]C=O. The summed E-state index contributed by atoms with van der Waals surface area (Å²) in [6.07, 6.45) is 3.43. The molecule has 0 atom stereocenters. The molecule has 0 unspecified atom stereocenters. The number of carbonyl (C=O) groups is 6. The van der Waals surface area contributed by atoms with Crippen LogP contribution in [0.25, 0.3) is 0 Å². The van der Waals surface area contributed by atoms with E-state index in [2.05, 4.69) is 25.8 Å². The molecule has 6 amide bonds. The van der Waals surface area contributed by atoms with Crippen LogP contribution in [0.15, 0.2) is 0 Å². The maximum atomic E-state index is 9.45. The zero-order chi connectivity index (χ0) is 16.6. The molecular weight excluding hydrogens is 333 g/mol. The zero-order valence-corrected chi connectivity index (χ0v) is 15.3. The fraction of sp³-hybridized carbons (Fsp3) is 0. The Hall–Kier alpha value is -1.58. The van der Waals surface area contributed by atoms with Crippen LogP contribution in [0.2, 0.25) is 0 Å². The van der Waals surface area contributed by atoms with E-state index < -0.39 is 47.0 Å². The molecule has 21 heavy (non-hydrogen) atoms. The minimum atomic E-state index is -0.825. The molecule has 0 aromatic heterocycles. The Balaban J connectivity index is -0.000000231. The second-order valence-corrected chi connectivity index (χ2v) is 5.97. The van der Waals surface area contributed by atoms with Crippen molar-refractivity contribution in [3.63, 3.8) is 0 Å². The maximum Gasteiger partial charge on any atom is 0.547 e. The molecule has 0 bridgehead atoms. The van der Waals surface area contributed by atoms with Gasteiger partial charge in [-0.25, -0.2) is 0 Å². The highest BCUT2D eigenvalue weighted by Crippen LogP contribution is 1.31. The van der Waals surface area contributed by atoms with E-state index in [0.717, 1.165) is 0 Å². The van der Waals surface area contributed by atoms with Crippen LogP contribution < -0.4 is 25.8 Å². The summed E-state index contributed by atoms with van der Waals surface area (Å²) < 4.78 is 14.2. The summed E-state index contributed by atoms with van der Waals surface area (Å²) in [5.74, 6) is 0. The molecule has 0 radical (unpaired) electrons. The number of hydrogen-bond acceptors (Lipinski definition) is 6. The minimum Gasteiger partial charge on any atom is -0.434 e. The monoisotopic (exact) mass is 348 g/mol. The summed E-state index contributed by atoms with van der Waals surface area (Å²) in [7, 11) is 0. The zero-order valence-electron chi connectivity index (χ0n) is 11.0. The van der Waals surface area contributed by atoms with Gasteiger partial charge in [-0.3, -0.25) is 28.8 Å². The van der Waals surface area contributed by atoms with Crippen LogP contribution in [0.5, 0.6) is 0 Å². The topological polar surface area (TPSA) is 175 Å². The van der Waals surface area contributed by atoms with Crippen molar-refractivity contribution >= 4 is 85.4 Å². The molecule has 0 fully saturated rings. The predicted molar refractivity (Wildman–Crippen MR) is 76.6 cm³/mol. The van der Waals surface area contributed by atoms with Gasteiger partial charge in [0.1, 0.15) is 0 Å². The summed E-state index contributed by atoms with van der Waals surface area (Å²) in [4.78, 5) is 56.7. The Labute approximate surface area is 140 Å². The molecule has 0 heterocycles. The van der Waals surface area contributed by atoms with Crippen LogP contribution in [0.4, 0.5) is 0 Å². The highest BCUT2D eigenvalue weighted by molar-refractivity contribution is 6.35. The van der Waals surface area contributed by atoms with Gasteiger partial charge in [-0.2, -0.15) is 0 Å². The lowest BCUT2D eigenvalue weighted by atomic mass is 11.5. The van der Waals surface area contributed by atoms with Gasteiger partial charge in [0.25, 0.3) is 0 Å². The first-order valence-electron chi connectivity index (χ1n) is 5.27. The van der Waals surface area contributed by atoms with E-state index >= 15 is 0 Å². The predicted octanol–water partition coefficient (Wildman–Crippen LogP) is -6.77. The number of hydrogen-bond donors (Lipinski definition) is 6. The fourth-order valence-electron chi connectivity index (χ4n) is 0.427. The molecule has 0 aliphatic carbocycles. The van der Waals surface area contributed by atoms with Crippen LogP contribution in [-0.2, 0) is 28.8 Å². The molecule has 0 aromatic carbocycles. The lowest BCUT2D eigenvalue weighted by Gasteiger charge is -1.85. The lowest BCUT2D eigenvalue weighted by molar-refractivity contribution is -0.109. The molecular formula is C6H15Al3N6O6. The van der Waals surface area contributed by atoms with Gasteiger partial charge in [-0.15, -0.1) is 0 Å². The molecule has 0 aliphatic rings. The summed E-state index contributed by atoms with van der Waals surface area (Å²) in [6, 6.07) is 0. The van der Waals surface area contributed by atoms with Gasteiger partial charge in [0, 0.05) is 0 Å². The third-order valence-electron chi connectivity index (χ3n) is 1.11. The first-order chi connectivity index (χ1) is 10.2. The Morgan fingerprint density at radius 1 is 0.381 bits per heavy atom. The molecule has 0 aliphatic heterocycles. The van der Waals surface area contributed by atoms with Gasteiger partial charge in [0.2, 0.25) is 0 Å². The molecule has 0 aromatic rings. The second-order valence-electron chi connectivity index (χ2n) is 2.46. The average Bonchev–Trinajstić information content (AvgIpc) is 2.50. The first kappa shape index (κ1) is 24.4. The van der Waals surface area contributed by atoms with Crippen LogP contribution in [0, 0.1) is 0 Å². The average molecular weight is 348 g/mol. The van der Waals surface area contributed by atoms with Gasteiger partial charge >= 0.3 is 47.0 Å². The van der Waals surface area contributed by atoms with Crippen LogP contribution in [0.3, 0.4) is 0 Å². The molecule has 0 spiro atoms. The highest BCUT2D eigenvalue weighted by Gasteiger charge is 1.85. The van der Waals surface area contributed by atoms with Gasteiger partial charge in [0.05, 0.1) is 0 Å². The molecule has 114 valence electrons. The minimum absolute atomic E-state index is 0.572. The van der Waals surface area contributed by atoms with Gasteiger partial charge in [-0.05, 0) is 0 Å². The van der Waals surface area contributed by atoms with E-state index in [1.807, 2.05) is 0 Å². The van der Waals surface area contributed by atoms with Crippen LogP contribution in [-0.4, -0.2) is 85.4 Å². The van der Waals surface area contributed by atoms with Gasteiger partial charge in [-0.1, -0.05) is 0 Å². The fourth-order valence-corrected chi connectivity index (χ4v) is 1.28. The Kier molecular flexibility index (Phi) is 36.1. The standard InChI is InChI=1S/6CH3NO.3Al.3H/c6*2-1-3;;;;;;/h6*1H,(H2,2,3);;;;;;/q;;;;;;3*+2;;;/p-6. The number of amides is 6. The summed E-state index contributed by atoms with van der Waals surface area (Å²) in [5, 5.41) is 0. The van der Waals surface area contributed by atoms with Crippen molar-refractivity contribution in [2.75, 3.05) is 0 Å². The maximum absolute atomic E-state index is 9.45. The van der Waals surface area contributed by atoms with Gasteiger partial charge < -0.3 is 25.8 Å². The molecule has 0 rings (SSSR count). The van der Waals surface area contributed by atoms with E-state index in [4.69, 9.17) is 0 Å². The Morgan fingerprint density at radius 3 is 0.619 bits per heavy atom. The summed E-state index contributed by atoms with van der Waals surface area (Å²) >= 11 is -2.47. The summed E-state index contributed by atoms with van der Waals surface area (Å²) in [5.41, 5.74) is 0. The summed E-state index contributed by atoms with van der Waals surface area (Å²) in [6.45, 7) is 0. The highest BCUT2D eigenvalue weighted by atomic mass is 27.1. The normalized spacial score (nSPS) is 6.29. The van der Waals surface area contributed by atoms with Crippen molar-refractivity contribution in [3.05, 3.63) is 0 Å². The molecule has 6 N–H and O–H groups in total. The van der Waals surface area contributed by atoms with Gasteiger partial charge in [0.15, 0.2) is 38.5 Å². The third-order valence-corrected chi connectivity index (χ3v) is 3.34. The second kappa shape index (κ2) is 31.0. The quantitative estimate of drug-likeness (QED) is 0.116. The van der Waals surface area contributed by atoms with Crippen molar-refractivity contribution in [3.8, 4) is 0 Å². The van der Waals surface area contributed by atoms with Crippen LogP contribution in [0.1, 0.15) is 0 Å². The first-order valence-corrected chi connectivity index (χ1v) is 9.51. The third kappa shape index (κ3) is 45.7. The van der Waals surface area contributed by atoms with Crippen molar-refractivity contribution in [1.29, 1.82) is 0 Å². The number of nitrogens with one attached hydrogen (secondary N) is 6. The van der Waals surface area contributed by atoms with Crippen molar-refractivity contribution in [2.45, 2.75) is 0 Å². The van der Waals surface area contributed by atoms with E-state index in [1.54, 1.807) is 0 Å². The Bertz CT molecular complexity index is 219.